The third-order valence-corrected chi connectivity index (χ3v) is 23.6. The van der Waals surface area contributed by atoms with Crippen LogP contribution in [0.2, 0.25) is 0 Å². The Kier molecular flexibility index (Phi) is 22.5. The number of unbranched alkanes of at least 4 members (excludes halogenated alkanes) is 8. The minimum atomic E-state index is -3.19. The molecule has 0 radical (unpaired) electrons. The second kappa shape index (κ2) is 22.8. The first-order valence-corrected chi connectivity index (χ1v) is 25.5. The summed E-state index contributed by atoms with van der Waals surface area (Å²) in [6.45, 7) is 11.0. The van der Waals surface area contributed by atoms with Crippen LogP contribution in [0.15, 0.2) is 0 Å². The Labute approximate surface area is 290 Å². The molecule has 47 heavy (non-hydrogen) atoms. The molecule has 0 saturated carbocycles. The average Bonchev–Trinajstić information content (AvgIpc) is 3.04. The summed E-state index contributed by atoms with van der Waals surface area (Å²) >= 11 is 0. The van der Waals surface area contributed by atoms with Crippen LogP contribution >= 0.6 is 13.7 Å². The number of rotatable bonds is 31. The van der Waals surface area contributed by atoms with Crippen molar-refractivity contribution in [1.29, 1.82) is 0 Å². The van der Waals surface area contributed by atoms with E-state index in [1.54, 1.807) is 0 Å². The number of carbonyl (C=O) groups excluding carboxylic acids is 2. The Morgan fingerprint density at radius 1 is 0.468 bits per heavy atom. The first-order valence-electron chi connectivity index (χ1n) is 19.7. The molecule has 0 aliphatic heterocycles. The molecule has 0 amide bonds. The molecule has 0 aromatic heterocycles. The van der Waals surface area contributed by atoms with E-state index in [9.17, 15) is 24.6 Å². The maximum absolute atomic E-state index is 14.4. The Bertz CT molecular complexity index is 821. The fraction of sp³-hybridized carbons (Fsp3) is 0.921. The molecule has 7 nitrogen and oxygen atoms in total. The van der Waals surface area contributed by atoms with Crippen LogP contribution in [0.3, 0.4) is 0 Å². The van der Waals surface area contributed by atoms with Gasteiger partial charge >= 0.3 is 291 Å². The summed E-state index contributed by atoms with van der Waals surface area (Å²) in [6.07, 6.45) is 20.4. The maximum atomic E-state index is 14.4. The molecule has 0 saturated heterocycles. The quantitative estimate of drug-likeness (QED) is 0.0690. The zero-order chi connectivity index (χ0) is 35.9. The van der Waals surface area contributed by atoms with Gasteiger partial charge in [0, 0.05) is 0 Å². The molecule has 9 heteroatoms. The van der Waals surface area contributed by atoms with Gasteiger partial charge in [-0.25, -0.2) is 0 Å². The fourth-order valence-electron chi connectivity index (χ4n) is 7.51. The fourth-order valence-corrected chi connectivity index (χ4v) is 21.1. The van der Waals surface area contributed by atoms with E-state index in [-0.39, 0.29) is 0 Å². The van der Waals surface area contributed by atoms with E-state index in [2.05, 4.69) is 55.4 Å². The van der Waals surface area contributed by atoms with Crippen molar-refractivity contribution < 1.29 is 33.6 Å². The molecule has 1 atom stereocenters. The zero-order valence-corrected chi connectivity index (χ0v) is 34.0. The van der Waals surface area contributed by atoms with Crippen LogP contribution in [0.4, 0.5) is 0 Å². The summed E-state index contributed by atoms with van der Waals surface area (Å²) in [5.74, 6) is -2.88. The van der Waals surface area contributed by atoms with Crippen molar-refractivity contribution in [2.24, 2.45) is 0 Å². The second-order valence-corrected chi connectivity index (χ2v) is 26.3. The van der Waals surface area contributed by atoms with Crippen LogP contribution in [0.5, 0.6) is 0 Å². The summed E-state index contributed by atoms with van der Waals surface area (Å²) in [5.41, 5.74) is -2.48. The van der Waals surface area contributed by atoms with Gasteiger partial charge < -0.3 is 0 Å². The molecule has 1 unspecified atom stereocenters. The molecule has 0 aliphatic rings. The van der Waals surface area contributed by atoms with E-state index in [0.717, 1.165) is 152 Å². The minimum absolute atomic E-state index is 0.632. The van der Waals surface area contributed by atoms with Gasteiger partial charge in [-0.15, -0.1) is 0 Å². The molecule has 2 N–H and O–H groups in total. The van der Waals surface area contributed by atoms with Gasteiger partial charge in [-0.1, -0.05) is 0 Å². The molecule has 0 spiro atoms. The molecular weight excluding hydrogens is 630 g/mol. The topological polar surface area (TPSA) is 110 Å². The number of carboxylic acid groups (broad SMARTS) is 1. The van der Waals surface area contributed by atoms with Crippen molar-refractivity contribution in [2.45, 2.75) is 177 Å². The molecule has 282 valence electrons. The first-order chi connectivity index (χ1) is 22.3. The van der Waals surface area contributed by atoms with E-state index in [0.29, 0.717) is 0 Å². The van der Waals surface area contributed by atoms with E-state index in [4.69, 9.17) is 9.05 Å². The summed E-state index contributed by atoms with van der Waals surface area (Å²) in [7, 11) is 0. The van der Waals surface area contributed by atoms with E-state index >= 15 is 0 Å². The van der Waals surface area contributed by atoms with Crippen molar-refractivity contribution in [3.05, 3.63) is 0 Å². The van der Waals surface area contributed by atoms with Gasteiger partial charge in [-0.3, -0.25) is 0 Å². The van der Waals surface area contributed by atoms with Crippen LogP contribution in [-0.2, 0) is 23.4 Å². The van der Waals surface area contributed by atoms with Gasteiger partial charge in [0.15, 0.2) is 0 Å². The van der Waals surface area contributed by atoms with Crippen LogP contribution in [0, 0.1) is 0 Å². The number of aliphatic carboxylic acids is 1. The molecule has 0 aromatic rings. The molecule has 0 fully saturated rings. The summed E-state index contributed by atoms with van der Waals surface area (Å²) in [5, 5.41) is 22.1. The molecule has 0 heterocycles. The van der Waals surface area contributed by atoms with Gasteiger partial charge in [0.25, 0.3) is 0 Å². The van der Waals surface area contributed by atoms with E-state index < -0.39 is 50.0 Å². The molecule has 0 aromatic carbocycles. The Hall–Kier alpha value is -0.770. The third-order valence-electron chi connectivity index (χ3n) is 10.6. The monoisotopic (exact) mass is 709 g/mol. The van der Waals surface area contributed by atoms with Crippen LogP contribution < -0.4 is 0 Å². The van der Waals surface area contributed by atoms with Crippen molar-refractivity contribution in [2.75, 3.05) is 49.3 Å². The number of hydrogen-bond donors (Lipinski definition) is 2. The first kappa shape index (κ1) is 46.2. The zero-order valence-electron chi connectivity index (χ0n) is 32.2. The summed E-state index contributed by atoms with van der Waals surface area (Å²) in [4.78, 5) is 40.9. The number of carboxylic acids is 1. The Morgan fingerprint density at radius 3 is 0.957 bits per heavy atom. The Balaban J connectivity index is 7.06. The van der Waals surface area contributed by atoms with Crippen LogP contribution in [0.1, 0.15) is 171 Å². The summed E-state index contributed by atoms with van der Waals surface area (Å²) in [6, 6.07) is 0. The van der Waals surface area contributed by atoms with Crippen LogP contribution in [0.25, 0.3) is 0 Å². The molecule has 0 rings (SSSR count). The summed E-state index contributed by atoms with van der Waals surface area (Å²) < 4.78 is 13.6. The number of aliphatic hydroxyl groups is 1. The predicted molar refractivity (Wildman–Crippen MR) is 206 cm³/mol. The molecule has 0 bridgehead atoms. The predicted octanol–water partition coefficient (Wildman–Crippen LogP) is 11.0. The molecular formula is C38H78O7P2. The number of carbonyl (C=O) groups is 3. The third kappa shape index (κ3) is 14.9. The molecule has 0 aliphatic carbocycles. The van der Waals surface area contributed by atoms with E-state index in [1.807, 2.05) is 0 Å². The van der Waals surface area contributed by atoms with Crippen molar-refractivity contribution in [1.82, 2.24) is 0 Å². The van der Waals surface area contributed by atoms with Gasteiger partial charge in [0.05, 0.1) is 0 Å². The van der Waals surface area contributed by atoms with E-state index in [1.165, 1.54) is 0 Å². The normalized spacial score (nSPS) is 15.2. The van der Waals surface area contributed by atoms with Gasteiger partial charge in [0.1, 0.15) is 0 Å². The second-order valence-electron chi connectivity index (χ2n) is 15.0. The van der Waals surface area contributed by atoms with Crippen molar-refractivity contribution in [3.63, 3.8) is 0 Å². The van der Waals surface area contributed by atoms with Crippen LogP contribution in [-0.4, -0.2) is 83.0 Å². The Morgan fingerprint density at radius 2 is 0.723 bits per heavy atom. The average molecular weight is 709 g/mol. The number of hydrogen-bond acceptors (Lipinski definition) is 6. The van der Waals surface area contributed by atoms with Gasteiger partial charge in [0.2, 0.25) is 0 Å². The van der Waals surface area contributed by atoms with Crippen molar-refractivity contribution >= 4 is 31.6 Å². The van der Waals surface area contributed by atoms with Gasteiger partial charge in [-0.05, 0) is 0 Å². The van der Waals surface area contributed by atoms with Crippen molar-refractivity contribution in [3.8, 4) is 0 Å². The standard InChI is InChI=1S/C38H78O7P2/c1-9-17-25-46(26-18-10-2,27-19-11-3,28-20-12-4)44-36(41)34-38(43,33-35(39)40)37(42)45-47(29-21-13-5,30-22-14-6,31-23-15-7)32-24-16-8/h43H,9-34H2,1-8H3,(H,39,40). The van der Waals surface area contributed by atoms with Gasteiger partial charge in [-0.2, -0.15) is 0 Å². The SMILES string of the molecule is CCCCP(CCCC)(CCCC)(CCCC)OC(=O)CC(O)(CC(=O)O)C(=O)OP(CCCC)(CCCC)(CCCC)CCCC.